The summed E-state index contributed by atoms with van der Waals surface area (Å²) in [6.45, 7) is 10.5. The summed E-state index contributed by atoms with van der Waals surface area (Å²) >= 11 is 0. The van der Waals surface area contributed by atoms with Gasteiger partial charge in [-0.2, -0.15) is 0 Å². The van der Waals surface area contributed by atoms with E-state index in [0.29, 0.717) is 0 Å². The summed E-state index contributed by atoms with van der Waals surface area (Å²) in [4.78, 5) is 35.4. The van der Waals surface area contributed by atoms with Gasteiger partial charge in [-0.3, -0.25) is 14.4 Å². The highest BCUT2D eigenvalue weighted by Crippen LogP contribution is 2.17. The Morgan fingerprint density at radius 1 is 1.00 bits per heavy atom. The number of nitrogens with one attached hydrogen (secondary N) is 2. The van der Waals surface area contributed by atoms with Crippen LogP contribution in [0.5, 0.6) is 0 Å². The molecule has 0 saturated heterocycles. The predicted molar refractivity (Wildman–Crippen MR) is 95.5 cm³/mol. The van der Waals surface area contributed by atoms with E-state index in [9.17, 15) is 14.4 Å². The number of amides is 2. The van der Waals surface area contributed by atoms with Crippen molar-refractivity contribution < 1.29 is 19.5 Å². The van der Waals surface area contributed by atoms with Crippen LogP contribution >= 0.6 is 0 Å². The molecule has 0 aliphatic carbocycles. The highest BCUT2D eigenvalue weighted by molar-refractivity contribution is 5.90. The van der Waals surface area contributed by atoms with Gasteiger partial charge in [0, 0.05) is 11.1 Å². The first kappa shape index (κ1) is 23.3. The first-order valence-electron chi connectivity index (χ1n) is 8.23. The van der Waals surface area contributed by atoms with E-state index in [-0.39, 0.29) is 5.92 Å². The minimum Gasteiger partial charge on any atom is -0.480 e. The maximum absolute atomic E-state index is 12.7. The van der Waals surface area contributed by atoms with Gasteiger partial charge in [0.15, 0.2) is 0 Å². The molecule has 2 amide bonds. The Labute approximate surface area is 149 Å². The van der Waals surface area contributed by atoms with Crippen molar-refractivity contribution in [3.8, 4) is 0 Å². The normalized spacial score (nSPS) is 15.0. The first-order chi connectivity index (χ1) is 11.1. The highest BCUT2D eigenvalue weighted by atomic mass is 16.4. The van der Waals surface area contributed by atoms with Crippen LogP contribution in [0.1, 0.15) is 48.0 Å². The van der Waals surface area contributed by atoms with Gasteiger partial charge in [-0.1, -0.05) is 13.8 Å². The molecule has 0 spiro atoms. The van der Waals surface area contributed by atoms with Crippen LogP contribution in [0.25, 0.3) is 0 Å². The molecule has 0 aromatic heterocycles. The summed E-state index contributed by atoms with van der Waals surface area (Å²) in [6, 6.07) is -2.73. The van der Waals surface area contributed by atoms with E-state index in [4.69, 9.17) is 22.3 Å². The quantitative estimate of drug-likeness (QED) is 0.302. The fraction of sp³-hybridized carbons (Fsp3) is 0.812. The van der Waals surface area contributed by atoms with Gasteiger partial charge in [-0.25, -0.2) is 0 Å². The van der Waals surface area contributed by atoms with Gasteiger partial charge in [0.25, 0.3) is 0 Å². The van der Waals surface area contributed by atoms with Gasteiger partial charge in [0.2, 0.25) is 11.8 Å². The van der Waals surface area contributed by atoms with Crippen LogP contribution in [0, 0.1) is 5.92 Å². The molecule has 9 N–H and O–H groups in total. The fourth-order valence-electron chi connectivity index (χ4n) is 2.62. The number of aliphatic carboxylic acids is 1. The maximum atomic E-state index is 12.7. The lowest BCUT2D eigenvalue weighted by molar-refractivity contribution is -0.140. The zero-order valence-corrected chi connectivity index (χ0v) is 15.9. The largest absolute Gasteiger partial charge is 0.480 e. The van der Waals surface area contributed by atoms with Gasteiger partial charge in [0.1, 0.15) is 12.1 Å². The van der Waals surface area contributed by atoms with Crippen molar-refractivity contribution in [1.29, 1.82) is 0 Å². The molecular weight excluding hydrogens is 326 g/mol. The molecular formula is C16H33N5O4. The Morgan fingerprint density at radius 2 is 1.44 bits per heavy atom. The standard InChI is InChI=1S/C16H33N5O4/c1-8(2)11(20-10(22)7-9(17)13(24)25)12(23)21-14(15(3,4)18)16(5,6)19/h8-9,11,14H,7,17-19H2,1-6H3,(H,20,22)(H,21,23)(H,24,25)/t9-,11-/m0/s1. The summed E-state index contributed by atoms with van der Waals surface area (Å²) in [5, 5.41) is 14.1. The molecule has 0 radical (unpaired) electrons. The number of carbonyl (C=O) groups is 3. The molecule has 0 rings (SSSR count). The molecule has 0 aromatic carbocycles. The molecule has 0 heterocycles. The molecule has 0 aliphatic rings. The molecule has 0 fully saturated rings. The third kappa shape index (κ3) is 7.80. The van der Waals surface area contributed by atoms with E-state index in [1.807, 2.05) is 0 Å². The highest BCUT2D eigenvalue weighted by Gasteiger charge is 2.39. The Kier molecular flexibility index (Phi) is 8.00. The van der Waals surface area contributed by atoms with Crippen LogP contribution < -0.4 is 27.8 Å². The van der Waals surface area contributed by atoms with Crippen LogP contribution in [0.15, 0.2) is 0 Å². The Hall–Kier alpha value is -1.71. The van der Waals surface area contributed by atoms with Crippen molar-refractivity contribution in [3.63, 3.8) is 0 Å². The summed E-state index contributed by atoms with van der Waals surface area (Å²) in [6.07, 6.45) is -0.417. The van der Waals surface area contributed by atoms with Gasteiger partial charge in [-0.15, -0.1) is 0 Å². The maximum Gasteiger partial charge on any atom is 0.321 e. The average molecular weight is 359 g/mol. The Bertz CT molecular complexity index is 480. The minimum atomic E-state index is -1.32. The van der Waals surface area contributed by atoms with Crippen molar-refractivity contribution in [1.82, 2.24) is 10.6 Å². The van der Waals surface area contributed by atoms with E-state index in [1.165, 1.54) is 0 Å². The van der Waals surface area contributed by atoms with E-state index in [2.05, 4.69) is 10.6 Å². The van der Waals surface area contributed by atoms with Crippen molar-refractivity contribution in [2.75, 3.05) is 0 Å². The molecule has 146 valence electrons. The molecule has 0 unspecified atom stereocenters. The summed E-state index contributed by atoms with van der Waals surface area (Å²) in [5.74, 6) is -2.56. The zero-order valence-electron chi connectivity index (χ0n) is 15.9. The van der Waals surface area contributed by atoms with E-state index < -0.39 is 53.4 Å². The number of rotatable bonds is 9. The number of carboxylic acid groups (broad SMARTS) is 1. The SMILES string of the molecule is CC(C)[C@H](NC(=O)C[C@H](N)C(=O)O)C(=O)NC(C(C)(C)N)C(C)(C)N. The number of nitrogens with two attached hydrogens (primary N) is 3. The topological polar surface area (TPSA) is 174 Å². The lowest BCUT2D eigenvalue weighted by atomic mass is 9.81. The van der Waals surface area contributed by atoms with Gasteiger partial charge in [0.05, 0.1) is 12.5 Å². The number of hydrogen-bond acceptors (Lipinski definition) is 6. The minimum absolute atomic E-state index is 0.229. The lowest BCUT2D eigenvalue weighted by Gasteiger charge is -2.41. The predicted octanol–water partition coefficient (Wildman–Crippen LogP) is -1.11. The van der Waals surface area contributed by atoms with Crippen molar-refractivity contribution >= 4 is 17.8 Å². The molecule has 2 atom stereocenters. The van der Waals surface area contributed by atoms with Crippen LogP contribution in [-0.2, 0) is 14.4 Å². The molecule has 0 aromatic rings. The van der Waals surface area contributed by atoms with Gasteiger partial charge >= 0.3 is 5.97 Å². The van der Waals surface area contributed by atoms with Crippen LogP contribution in [0.2, 0.25) is 0 Å². The van der Waals surface area contributed by atoms with Crippen molar-refractivity contribution in [2.45, 2.75) is 77.2 Å². The number of hydrogen-bond donors (Lipinski definition) is 6. The van der Waals surface area contributed by atoms with Crippen molar-refractivity contribution in [3.05, 3.63) is 0 Å². The fourth-order valence-corrected chi connectivity index (χ4v) is 2.62. The Morgan fingerprint density at radius 3 is 1.76 bits per heavy atom. The summed E-state index contributed by atoms with van der Waals surface area (Å²) in [7, 11) is 0. The van der Waals surface area contributed by atoms with Crippen LogP contribution in [-0.4, -0.2) is 52.1 Å². The first-order valence-corrected chi connectivity index (χ1v) is 8.23. The summed E-state index contributed by atoms with van der Waals surface area (Å²) < 4.78 is 0. The molecule has 9 nitrogen and oxygen atoms in total. The molecule has 25 heavy (non-hydrogen) atoms. The van der Waals surface area contributed by atoms with E-state index in [1.54, 1.807) is 41.5 Å². The van der Waals surface area contributed by atoms with E-state index in [0.717, 1.165) is 0 Å². The zero-order chi connectivity index (χ0) is 20.2. The van der Waals surface area contributed by atoms with Crippen molar-refractivity contribution in [2.24, 2.45) is 23.1 Å². The second-order valence-electron chi connectivity index (χ2n) is 8.02. The van der Waals surface area contributed by atoms with Gasteiger partial charge in [-0.05, 0) is 33.6 Å². The average Bonchev–Trinajstić information content (AvgIpc) is 2.38. The second-order valence-corrected chi connectivity index (χ2v) is 8.02. The third-order valence-electron chi connectivity index (χ3n) is 3.76. The van der Waals surface area contributed by atoms with Gasteiger partial charge < -0.3 is 32.9 Å². The third-order valence-corrected chi connectivity index (χ3v) is 3.76. The van der Waals surface area contributed by atoms with E-state index >= 15 is 0 Å². The Balaban J connectivity index is 5.18. The lowest BCUT2D eigenvalue weighted by Crippen LogP contribution is -2.69. The molecule has 9 heteroatoms. The molecule has 0 aliphatic heterocycles. The van der Waals surface area contributed by atoms with Crippen LogP contribution in [0.3, 0.4) is 0 Å². The molecule has 0 bridgehead atoms. The molecule has 0 saturated carbocycles. The summed E-state index contributed by atoms with van der Waals surface area (Å²) in [5.41, 5.74) is 16.0. The smallest absolute Gasteiger partial charge is 0.321 e. The monoisotopic (exact) mass is 359 g/mol. The number of carbonyl (C=O) groups excluding carboxylic acids is 2. The van der Waals surface area contributed by atoms with Crippen LogP contribution in [0.4, 0.5) is 0 Å². The number of carboxylic acids is 1. The second kappa shape index (κ2) is 8.59.